The van der Waals surface area contributed by atoms with Crippen molar-refractivity contribution in [2.45, 2.75) is 26.3 Å². The predicted molar refractivity (Wildman–Crippen MR) is 114 cm³/mol. The molecule has 0 amide bonds. The van der Waals surface area contributed by atoms with Crippen LogP contribution in [0.2, 0.25) is 0 Å². The molecule has 0 aliphatic rings. The molecule has 0 unspecified atom stereocenters. The molecular formula is C22H21F3O3SSe. The third-order valence-electron chi connectivity index (χ3n) is 4.53. The minimum absolute atomic E-state index is 0.428. The van der Waals surface area contributed by atoms with Gasteiger partial charge in [-0.2, -0.15) is 0 Å². The Labute approximate surface area is 177 Å². The Morgan fingerprint density at radius 1 is 0.633 bits per heavy atom. The van der Waals surface area contributed by atoms with Gasteiger partial charge >= 0.3 is 177 Å². The van der Waals surface area contributed by atoms with Crippen LogP contribution in [0.5, 0.6) is 0 Å². The first kappa shape index (κ1) is 22.6. The van der Waals surface area contributed by atoms with Crippen molar-refractivity contribution in [3.63, 3.8) is 0 Å². The van der Waals surface area contributed by atoms with Gasteiger partial charge in [0.25, 0.3) is 0 Å². The molecule has 0 radical (unpaired) electrons. The third kappa shape index (κ3) is 4.32. The molecule has 3 aromatic carbocycles. The van der Waals surface area contributed by atoms with Gasteiger partial charge in [0.05, 0.1) is 0 Å². The van der Waals surface area contributed by atoms with Crippen molar-refractivity contribution in [3.05, 3.63) is 89.5 Å². The Morgan fingerprint density at radius 3 is 1.13 bits per heavy atom. The molecule has 8 heteroatoms. The molecule has 0 fully saturated rings. The van der Waals surface area contributed by atoms with Gasteiger partial charge in [0.1, 0.15) is 0 Å². The van der Waals surface area contributed by atoms with Crippen molar-refractivity contribution in [1.82, 2.24) is 0 Å². The molecule has 0 aromatic heterocycles. The standard InChI is InChI=1S/C22H21F3O3SSe/c1-16-4-10-19(11-5-16)30(20-12-6-17(2)7-13-20,21-14-8-18(3)9-15-21)28-29(26,27)22(23,24)25/h4-15H,1-3H3. The van der Waals surface area contributed by atoms with E-state index in [4.69, 9.17) is 3.27 Å². The van der Waals surface area contributed by atoms with E-state index in [1.807, 2.05) is 20.8 Å². The van der Waals surface area contributed by atoms with E-state index in [1.54, 1.807) is 72.8 Å². The van der Waals surface area contributed by atoms with Gasteiger partial charge in [-0.05, 0) is 0 Å². The molecule has 3 rings (SSSR count). The molecule has 0 spiro atoms. The number of aryl methyl sites for hydroxylation is 3. The van der Waals surface area contributed by atoms with Crippen molar-refractivity contribution in [2.75, 3.05) is 0 Å². The Bertz CT molecular complexity index is 1010. The Hall–Kier alpha value is -2.12. The second-order valence-corrected chi connectivity index (χ2v) is 14.6. The summed E-state index contributed by atoms with van der Waals surface area (Å²) in [6, 6.07) is 20.4. The van der Waals surface area contributed by atoms with Crippen LogP contribution in [0.1, 0.15) is 16.7 Å². The molecule has 0 aliphatic heterocycles. The van der Waals surface area contributed by atoms with Crippen LogP contribution < -0.4 is 13.4 Å². The minimum atomic E-state index is -5.86. The van der Waals surface area contributed by atoms with E-state index >= 15 is 0 Å². The van der Waals surface area contributed by atoms with E-state index in [1.165, 1.54) is 0 Å². The van der Waals surface area contributed by atoms with Crippen molar-refractivity contribution >= 4 is 36.7 Å². The predicted octanol–water partition coefficient (Wildman–Crippen LogP) is 3.44. The molecule has 160 valence electrons. The van der Waals surface area contributed by atoms with Gasteiger partial charge in [-0.25, -0.2) is 0 Å². The van der Waals surface area contributed by atoms with Crippen LogP contribution in [0.3, 0.4) is 0 Å². The van der Waals surface area contributed by atoms with E-state index in [9.17, 15) is 21.6 Å². The van der Waals surface area contributed by atoms with Crippen molar-refractivity contribution < 1.29 is 24.9 Å². The quantitative estimate of drug-likeness (QED) is 0.398. The molecule has 3 aromatic rings. The van der Waals surface area contributed by atoms with E-state index in [0.717, 1.165) is 16.7 Å². The van der Waals surface area contributed by atoms with Gasteiger partial charge in [-0.15, -0.1) is 0 Å². The van der Waals surface area contributed by atoms with Crippen LogP contribution >= 0.6 is 0 Å². The molecule has 0 aliphatic carbocycles. The van der Waals surface area contributed by atoms with Crippen LogP contribution in [0.25, 0.3) is 0 Å². The Balaban J connectivity index is 2.40. The Kier molecular flexibility index (Phi) is 6.16. The molecule has 0 N–H and O–H groups in total. The molecule has 0 bridgehead atoms. The zero-order chi connectivity index (χ0) is 22.2. The fraction of sp³-hybridized carbons (Fsp3) is 0.182. The van der Waals surface area contributed by atoms with E-state index in [-0.39, 0.29) is 0 Å². The average Bonchev–Trinajstić information content (AvgIpc) is 2.67. The van der Waals surface area contributed by atoms with Crippen molar-refractivity contribution in [2.24, 2.45) is 0 Å². The van der Waals surface area contributed by atoms with Crippen LogP contribution in [0.4, 0.5) is 13.2 Å². The number of rotatable bonds is 5. The topological polar surface area (TPSA) is 43.4 Å². The maximum atomic E-state index is 13.4. The van der Waals surface area contributed by atoms with Crippen LogP contribution in [0, 0.1) is 20.8 Å². The van der Waals surface area contributed by atoms with Crippen molar-refractivity contribution in [1.29, 1.82) is 0 Å². The van der Waals surface area contributed by atoms with Crippen LogP contribution in [0.15, 0.2) is 72.8 Å². The zero-order valence-electron chi connectivity index (χ0n) is 16.6. The summed E-state index contributed by atoms with van der Waals surface area (Å²) in [5.41, 5.74) is -2.83. The van der Waals surface area contributed by atoms with E-state index < -0.39 is 28.8 Å². The summed E-state index contributed by atoms with van der Waals surface area (Å²) < 4.78 is 71.4. The molecular weight excluding hydrogens is 480 g/mol. The van der Waals surface area contributed by atoms with E-state index in [0.29, 0.717) is 13.4 Å². The monoisotopic (exact) mass is 502 g/mol. The summed E-state index contributed by atoms with van der Waals surface area (Å²) in [6.07, 6.45) is 0. The summed E-state index contributed by atoms with van der Waals surface area (Å²) in [5, 5.41) is 0. The van der Waals surface area contributed by atoms with E-state index in [2.05, 4.69) is 0 Å². The molecule has 0 heterocycles. The summed E-state index contributed by atoms with van der Waals surface area (Å²) in [5.74, 6) is 0. The number of alkyl halides is 3. The number of halogens is 3. The number of hydrogen-bond acceptors (Lipinski definition) is 3. The van der Waals surface area contributed by atoms with Crippen LogP contribution in [-0.2, 0) is 13.4 Å². The summed E-state index contributed by atoms with van der Waals surface area (Å²) in [4.78, 5) is 0. The molecule has 3 nitrogen and oxygen atoms in total. The zero-order valence-corrected chi connectivity index (χ0v) is 19.1. The van der Waals surface area contributed by atoms with Gasteiger partial charge in [0, 0.05) is 0 Å². The fourth-order valence-corrected chi connectivity index (χ4v) is 12.1. The molecule has 30 heavy (non-hydrogen) atoms. The first-order chi connectivity index (χ1) is 14.0. The van der Waals surface area contributed by atoms with Gasteiger partial charge in [-0.3, -0.25) is 0 Å². The molecule has 0 atom stereocenters. The third-order valence-corrected chi connectivity index (χ3v) is 13.8. The van der Waals surface area contributed by atoms with Crippen molar-refractivity contribution in [3.8, 4) is 0 Å². The first-order valence-electron chi connectivity index (χ1n) is 9.01. The van der Waals surface area contributed by atoms with Gasteiger partial charge in [0.15, 0.2) is 0 Å². The second kappa shape index (κ2) is 8.19. The Morgan fingerprint density at radius 2 is 0.900 bits per heavy atom. The van der Waals surface area contributed by atoms with Gasteiger partial charge in [0.2, 0.25) is 0 Å². The average molecular weight is 501 g/mol. The second-order valence-electron chi connectivity index (χ2n) is 6.96. The summed E-state index contributed by atoms with van der Waals surface area (Å²) in [7, 11) is -5.86. The summed E-state index contributed by atoms with van der Waals surface area (Å²) in [6.45, 7) is 5.54. The normalized spacial score (nSPS) is 13.3. The maximum absolute atomic E-state index is 13.4. The first-order valence-corrected chi connectivity index (χ1v) is 13.7. The van der Waals surface area contributed by atoms with Crippen LogP contribution in [-0.4, -0.2) is 27.1 Å². The summed E-state index contributed by atoms with van der Waals surface area (Å²) >= 11 is -4.30. The van der Waals surface area contributed by atoms with Gasteiger partial charge < -0.3 is 0 Å². The molecule has 0 saturated carbocycles. The number of hydrogen-bond donors (Lipinski definition) is 0. The number of benzene rings is 3. The molecule has 0 saturated heterocycles. The fourth-order valence-electron chi connectivity index (χ4n) is 2.89. The SMILES string of the molecule is Cc1ccc([Se](OS(=O)(=O)C(F)(F)F)(c2ccc(C)cc2)c2ccc(C)cc2)cc1. The van der Waals surface area contributed by atoms with Gasteiger partial charge in [-0.1, -0.05) is 0 Å².